The van der Waals surface area contributed by atoms with Crippen molar-refractivity contribution in [2.24, 2.45) is 0 Å². The maximum atomic E-state index is 12.4. The zero-order valence-electron chi connectivity index (χ0n) is 14.6. The molecule has 5 nitrogen and oxygen atoms in total. The van der Waals surface area contributed by atoms with Gasteiger partial charge in [-0.1, -0.05) is 28.1 Å². The lowest BCUT2D eigenvalue weighted by atomic mass is 9.99. The van der Waals surface area contributed by atoms with Gasteiger partial charge < -0.3 is 14.4 Å². The van der Waals surface area contributed by atoms with Crippen LogP contribution in [-0.2, 0) is 14.8 Å². The van der Waals surface area contributed by atoms with Crippen molar-refractivity contribution in [1.82, 2.24) is 4.90 Å². The van der Waals surface area contributed by atoms with E-state index in [1.807, 2.05) is 32.9 Å². The van der Waals surface area contributed by atoms with E-state index in [0.717, 1.165) is 24.0 Å². The van der Waals surface area contributed by atoms with Gasteiger partial charge in [-0.05, 0) is 50.8 Å². The van der Waals surface area contributed by atoms with E-state index in [0.29, 0.717) is 17.4 Å². The summed E-state index contributed by atoms with van der Waals surface area (Å²) >= 11 is 3.42. The zero-order valence-corrected chi connectivity index (χ0v) is 16.2. The average molecular weight is 398 g/mol. The van der Waals surface area contributed by atoms with E-state index in [1.165, 1.54) is 7.11 Å². The van der Waals surface area contributed by atoms with Gasteiger partial charge >= 0.3 is 12.1 Å². The Morgan fingerprint density at radius 2 is 2.04 bits per heavy atom. The van der Waals surface area contributed by atoms with Crippen LogP contribution in [0.2, 0.25) is 0 Å². The summed E-state index contributed by atoms with van der Waals surface area (Å²) < 4.78 is 10.3. The van der Waals surface area contributed by atoms with E-state index in [4.69, 9.17) is 9.47 Å². The lowest BCUT2D eigenvalue weighted by Crippen LogP contribution is -2.36. The number of likely N-dealkylation sites (tertiary alicyclic amines) is 1. The van der Waals surface area contributed by atoms with Gasteiger partial charge in [-0.25, -0.2) is 9.59 Å². The van der Waals surface area contributed by atoms with Crippen LogP contribution in [0.3, 0.4) is 0 Å². The molecule has 2 rings (SSSR count). The van der Waals surface area contributed by atoms with Gasteiger partial charge in [0.2, 0.25) is 0 Å². The molecule has 0 saturated carbocycles. The van der Waals surface area contributed by atoms with Gasteiger partial charge in [0, 0.05) is 11.9 Å². The molecule has 1 aromatic rings. The first-order chi connectivity index (χ1) is 11.3. The highest BCUT2D eigenvalue weighted by atomic mass is 79.9. The molecule has 132 valence electrons. The summed E-state index contributed by atoms with van der Waals surface area (Å²) in [7, 11) is 1.37. The maximum absolute atomic E-state index is 12.4. The third kappa shape index (κ3) is 4.29. The third-order valence-corrected chi connectivity index (χ3v) is 4.55. The van der Waals surface area contributed by atoms with Crippen LogP contribution in [-0.4, -0.2) is 36.2 Å². The van der Waals surface area contributed by atoms with Crippen LogP contribution in [0.4, 0.5) is 4.79 Å². The number of hydrogen-bond donors (Lipinski definition) is 0. The second-order valence-corrected chi connectivity index (χ2v) is 7.43. The van der Waals surface area contributed by atoms with Crippen LogP contribution in [0.15, 0.2) is 18.2 Å². The largest absolute Gasteiger partial charge is 0.465 e. The van der Waals surface area contributed by atoms with Crippen LogP contribution in [0.25, 0.3) is 0 Å². The average Bonchev–Trinajstić information content (AvgIpc) is 3.01. The van der Waals surface area contributed by atoms with Crippen LogP contribution < -0.4 is 0 Å². The van der Waals surface area contributed by atoms with Crippen molar-refractivity contribution in [3.05, 3.63) is 34.9 Å². The van der Waals surface area contributed by atoms with E-state index >= 15 is 0 Å². The molecule has 0 aromatic heterocycles. The Morgan fingerprint density at radius 1 is 1.33 bits per heavy atom. The molecule has 1 aliphatic rings. The Bertz CT molecular complexity index is 624. The molecule has 6 heteroatoms. The SMILES string of the molecule is COC(=O)c1ccc(C2CCCN2C(=O)OC(C)(C)C)cc1CBr. The van der Waals surface area contributed by atoms with Gasteiger partial charge in [-0.15, -0.1) is 0 Å². The minimum atomic E-state index is -0.514. The van der Waals surface area contributed by atoms with Gasteiger partial charge in [-0.2, -0.15) is 0 Å². The third-order valence-electron chi connectivity index (χ3n) is 3.94. The van der Waals surface area contributed by atoms with Gasteiger partial charge in [0.15, 0.2) is 0 Å². The lowest BCUT2D eigenvalue weighted by molar-refractivity contribution is 0.0224. The van der Waals surface area contributed by atoms with Gasteiger partial charge in [-0.3, -0.25) is 0 Å². The number of halogens is 1. The van der Waals surface area contributed by atoms with Crippen LogP contribution in [0, 0.1) is 0 Å². The fraction of sp³-hybridized carbons (Fsp3) is 0.556. The minimum Gasteiger partial charge on any atom is -0.465 e. The summed E-state index contributed by atoms with van der Waals surface area (Å²) in [6.45, 7) is 6.28. The number of esters is 1. The molecule has 1 saturated heterocycles. The standard InChI is InChI=1S/C18H24BrNO4/c1-18(2,3)24-17(22)20-9-5-6-15(20)12-7-8-14(16(21)23-4)13(10-12)11-19/h7-8,10,15H,5-6,9,11H2,1-4H3. The molecule has 1 unspecified atom stereocenters. The van der Waals surface area contributed by atoms with Crippen molar-refractivity contribution in [2.45, 2.75) is 50.6 Å². The number of carbonyl (C=O) groups excluding carboxylic acids is 2. The summed E-state index contributed by atoms with van der Waals surface area (Å²) in [6.07, 6.45) is 1.53. The molecular formula is C18H24BrNO4. The Kier molecular flexibility index (Phi) is 5.91. The summed E-state index contributed by atoms with van der Waals surface area (Å²) in [6, 6.07) is 5.60. The molecule has 0 aliphatic carbocycles. The number of ether oxygens (including phenoxy) is 2. The highest BCUT2D eigenvalue weighted by Crippen LogP contribution is 2.34. The number of rotatable bonds is 3. The number of nitrogens with zero attached hydrogens (tertiary/aromatic N) is 1. The number of alkyl halides is 1. The molecule has 0 bridgehead atoms. The Hall–Kier alpha value is -1.56. The molecule has 1 aromatic carbocycles. The van der Waals surface area contributed by atoms with Crippen molar-refractivity contribution in [2.75, 3.05) is 13.7 Å². The van der Waals surface area contributed by atoms with Crippen molar-refractivity contribution < 1.29 is 19.1 Å². The Labute approximate surface area is 151 Å². The summed E-state index contributed by atoms with van der Waals surface area (Å²) in [5, 5.41) is 0.546. The molecular weight excluding hydrogens is 374 g/mol. The highest BCUT2D eigenvalue weighted by Gasteiger charge is 2.33. The number of carbonyl (C=O) groups is 2. The summed E-state index contributed by atoms with van der Waals surface area (Å²) in [4.78, 5) is 26.0. The topological polar surface area (TPSA) is 55.8 Å². The molecule has 1 heterocycles. The predicted octanol–water partition coefficient (Wildman–Crippen LogP) is 4.44. The van der Waals surface area contributed by atoms with Crippen molar-refractivity contribution >= 4 is 28.0 Å². The van der Waals surface area contributed by atoms with Gasteiger partial charge in [0.1, 0.15) is 5.60 Å². The predicted molar refractivity (Wildman–Crippen MR) is 95.3 cm³/mol. The van der Waals surface area contributed by atoms with E-state index in [1.54, 1.807) is 11.0 Å². The van der Waals surface area contributed by atoms with Crippen molar-refractivity contribution in [1.29, 1.82) is 0 Å². The Morgan fingerprint density at radius 3 is 2.62 bits per heavy atom. The monoisotopic (exact) mass is 397 g/mol. The minimum absolute atomic E-state index is 0.0238. The second kappa shape index (κ2) is 7.55. The van der Waals surface area contributed by atoms with E-state index in [9.17, 15) is 9.59 Å². The Balaban J connectivity index is 2.26. The van der Waals surface area contributed by atoms with Crippen molar-refractivity contribution in [3.8, 4) is 0 Å². The fourth-order valence-corrected chi connectivity index (χ4v) is 3.36. The molecule has 0 spiro atoms. The van der Waals surface area contributed by atoms with Crippen molar-refractivity contribution in [3.63, 3.8) is 0 Å². The number of amides is 1. The van der Waals surface area contributed by atoms with E-state index in [2.05, 4.69) is 15.9 Å². The summed E-state index contributed by atoms with van der Waals surface area (Å²) in [5.74, 6) is -0.355. The molecule has 0 radical (unpaired) electrons. The van der Waals surface area contributed by atoms with Crippen LogP contribution in [0.1, 0.15) is 61.1 Å². The van der Waals surface area contributed by atoms with Gasteiger partial charge in [0.05, 0.1) is 18.7 Å². The first-order valence-corrected chi connectivity index (χ1v) is 9.15. The molecule has 1 amide bonds. The number of methoxy groups -OCH3 is 1. The molecule has 1 atom stereocenters. The fourth-order valence-electron chi connectivity index (χ4n) is 2.89. The molecule has 24 heavy (non-hydrogen) atoms. The lowest BCUT2D eigenvalue weighted by Gasteiger charge is -2.29. The van der Waals surface area contributed by atoms with Gasteiger partial charge in [0.25, 0.3) is 0 Å². The molecule has 0 N–H and O–H groups in total. The highest BCUT2D eigenvalue weighted by molar-refractivity contribution is 9.08. The maximum Gasteiger partial charge on any atom is 0.410 e. The smallest absolute Gasteiger partial charge is 0.410 e. The zero-order chi connectivity index (χ0) is 17.9. The number of benzene rings is 1. The van der Waals surface area contributed by atoms with E-state index in [-0.39, 0.29) is 18.1 Å². The van der Waals surface area contributed by atoms with E-state index < -0.39 is 5.60 Å². The molecule has 1 fully saturated rings. The van der Waals surface area contributed by atoms with Crippen LogP contribution in [0.5, 0.6) is 0 Å². The quantitative estimate of drug-likeness (QED) is 0.558. The number of hydrogen-bond acceptors (Lipinski definition) is 4. The normalized spacial score (nSPS) is 17.7. The summed E-state index contributed by atoms with van der Waals surface area (Å²) in [5.41, 5.74) is 1.90. The first-order valence-electron chi connectivity index (χ1n) is 8.03. The second-order valence-electron chi connectivity index (χ2n) is 6.87. The van der Waals surface area contributed by atoms with Crippen LogP contribution >= 0.6 is 15.9 Å². The molecule has 1 aliphatic heterocycles. The first kappa shape index (κ1) is 18.8.